The first-order valence-corrected chi connectivity index (χ1v) is 29.7. The monoisotopic (exact) mass is 1010 g/mol. The molecule has 5 heteroatoms. The van der Waals surface area contributed by atoms with Gasteiger partial charge in [-0.1, -0.05) is 165 Å². The van der Waals surface area contributed by atoms with Gasteiger partial charge in [0, 0.05) is 60.1 Å². The fraction of sp³-hybridized carbons (Fsp3) is 0.457. The quantitative estimate of drug-likeness (QED) is 0.163. The van der Waals surface area contributed by atoms with Crippen LogP contribution in [0.15, 0.2) is 109 Å². The fourth-order valence-electron chi connectivity index (χ4n) is 15.6. The minimum Gasteiger partial charge on any atom is -0.334 e. The number of rotatable bonds is 3. The molecule has 1 fully saturated rings. The summed E-state index contributed by atoms with van der Waals surface area (Å²) in [6.07, 6.45) is 9.58. The summed E-state index contributed by atoms with van der Waals surface area (Å²) in [4.78, 5) is 8.37. The third-order valence-corrected chi connectivity index (χ3v) is 22.1. The number of fused-ring (bicyclic) bond motifs is 11. The van der Waals surface area contributed by atoms with Crippen molar-refractivity contribution in [2.75, 3.05) is 14.7 Å². The highest BCUT2D eigenvalue weighted by atomic mass is 32.1. The summed E-state index contributed by atoms with van der Waals surface area (Å²) in [5.41, 5.74) is 23.9. The zero-order valence-electron chi connectivity index (χ0n) is 48.4. The Hall–Kier alpha value is -5.26. The predicted octanol–water partition coefficient (Wildman–Crippen LogP) is 18.0. The minimum atomic E-state index is -0.113. The summed E-state index contributed by atoms with van der Waals surface area (Å²) in [6.45, 7) is 39.4. The van der Waals surface area contributed by atoms with Crippen molar-refractivity contribution in [1.82, 2.24) is 0 Å². The Morgan fingerprint density at radius 1 is 0.453 bits per heavy atom. The molecule has 0 amide bonds. The number of hydrogen-bond acceptors (Lipinski definition) is 4. The highest BCUT2D eigenvalue weighted by Crippen LogP contribution is 2.62. The Morgan fingerprint density at radius 2 is 1.01 bits per heavy atom. The van der Waals surface area contributed by atoms with E-state index in [1.54, 1.807) is 0 Å². The molecule has 3 aliphatic carbocycles. The van der Waals surface area contributed by atoms with Crippen molar-refractivity contribution >= 4 is 89.3 Å². The van der Waals surface area contributed by atoms with E-state index in [1.165, 1.54) is 155 Å². The lowest BCUT2D eigenvalue weighted by molar-refractivity contribution is 0.195. The van der Waals surface area contributed by atoms with Gasteiger partial charge in [0.05, 0.1) is 11.2 Å². The summed E-state index contributed by atoms with van der Waals surface area (Å²) in [7, 11) is 0. The van der Waals surface area contributed by atoms with Crippen molar-refractivity contribution in [1.29, 1.82) is 0 Å². The van der Waals surface area contributed by atoms with Gasteiger partial charge in [-0.05, 0) is 188 Å². The minimum absolute atomic E-state index is 0.00557. The number of benzene rings is 6. The number of nitrogens with zero attached hydrogens (tertiary/aromatic N) is 3. The van der Waals surface area contributed by atoms with Crippen LogP contribution in [0.2, 0.25) is 0 Å². The third-order valence-electron chi connectivity index (χ3n) is 20.8. The third kappa shape index (κ3) is 6.96. The second kappa shape index (κ2) is 15.7. The van der Waals surface area contributed by atoms with Crippen LogP contribution in [0.25, 0.3) is 10.1 Å². The maximum absolute atomic E-state index is 2.85. The van der Waals surface area contributed by atoms with Crippen molar-refractivity contribution < 1.29 is 0 Å². The van der Waals surface area contributed by atoms with Crippen molar-refractivity contribution in [2.24, 2.45) is 0 Å². The summed E-state index contributed by atoms with van der Waals surface area (Å²) in [6, 6.07) is 45.1. The summed E-state index contributed by atoms with van der Waals surface area (Å²) < 4.78 is 2.82. The van der Waals surface area contributed by atoms with Gasteiger partial charge < -0.3 is 14.7 Å². The Kier molecular flexibility index (Phi) is 10.3. The van der Waals surface area contributed by atoms with Gasteiger partial charge in [0.15, 0.2) is 0 Å². The number of hydrogen-bond donors (Lipinski definition) is 0. The summed E-state index contributed by atoms with van der Waals surface area (Å²) in [5, 5.41) is 1.36. The normalized spacial score (nSPS) is 23.5. The first kappa shape index (κ1) is 49.3. The van der Waals surface area contributed by atoms with E-state index in [9.17, 15) is 0 Å². The van der Waals surface area contributed by atoms with Gasteiger partial charge >= 0.3 is 0 Å². The smallest absolute Gasteiger partial charge is 0.264 e. The van der Waals surface area contributed by atoms with Crippen LogP contribution in [0.1, 0.15) is 201 Å². The molecule has 0 radical (unpaired) electrons. The van der Waals surface area contributed by atoms with E-state index < -0.39 is 0 Å². The van der Waals surface area contributed by atoms with Crippen LogP contribution in [0.3, 0.4) is 0 Å². The number of para-hydroxylation sites is 1. The molecule has 13 rings (SSSR count). The molecule has 0 N–H and O–H groups in total. The molecule has 2 unspecified atom stereocenters. The molecule has 0 saturated heterocycles. The molecule has 7 aromatic rings. The van der Waals surface area contributed by atoms with Crippen LogP contribution in [0.5, 0.6) is 0 Å². The van der Waals surface area contributed by atoms with Crippen LogP contribution < -0.4 is 30.4 Å². The van der Waals surface area contributed by atoms with Crippen molar-refractivity contribution in [2.45, 2.75) is 206 Å². The second-order valence-electron chi connectivity index (χ2n) is 29.5. The van der Waals surface area contributed by atoms with Gasteiger partial charge in [0.2, 0.25) is 0 Å². The lowest BCUT2D eigenvalue weighted by atomic mass is 9.35. The molecule has 2 atom stereocenters. The Morgan fingerprint density at radius 3 is 1.67 bits per heavy atom. The first-order chi connectivity index (χ1) is 35.1. The van der Waals surface area contributed by atoms with Crippen LogP contribution in [0.4, 0.5) is 45.5 Å². The maximum Gasteiger partial charge on any atom is 0.264 e. The molecular formula is C70H82BN3S. The molecule has 3 aliphatic heterocycles. The van der Waals surface area contributed by atoms with Crippen molar-refractivity contribution in [3.05, 3.63) is 148 Å². The van der Waals surface area contributed by atoms with Gasteiger partial charge in [-0.25, -0.2) is 0 Å². The molecular weight excluding hydrogens is 926 g/mol. The SMILES string of the molecule is CC(C)(C)c1ccc(N2c3cc(N4c5ccccc5C5(C)CCCCC45C)cc4c3B(c3cc5c(cc3N4c3ccc4c(c3)C(C)(C)CCC4(C)C)C(C)(C)CCC5(C)C)c3sc4ccc(C(C)(C)C)cc4c32)cc1. The van der Waals surface area contributed by atoms with E-state index >= 15 is 0 Å². The largest absolute Gasteiger partial charge is 0.334 e. The summed E-state index contributed by atoms with van der Waals surface area (Å²) >= 11 is 2.04. The molecule has 3 nitrogen and oxygen atoms in total. The molecule has 75 heavy (non-hydrogen) atoms. The average Bonchev–Trinajstić information content (AvgIpc) is 3.90. The summed E-state index contributed by atoms with van der Waals surface area (Å²) in [5.74, 6) is 0. The molecule has 1 saturated carbocycles. The zero-order chi connectivity index (χ0) is 52.9. The molecule has 4 heterocycles. The average molecular weight is 1010 g/mol. The highest BCUT2D eigenvalue weighted by molar-refractivity contribution is 7.33. The fourth-order valence-corrected chi connectivity index (χ4v) is 16.9. The maximum atomic E-state index is 2.85. The Labute approximate surface area is 455 Å². The van der Waals surface area contributed by atoms with Gasteiger partial charge in [0.25, 0.3) is 6.71 Å². The predicted molar refractivity (Wildman–Crippen MR) is 327 cm³/mol. The van der Waals surface area contributed by atoms with Crippen molar-refractivity contribution in [3.63, 3.8) is 0 Å². The van der Waals surface area contributed by atoms with Crippen LogP contribution in [-0.4, -0.2) is 12.3 Å². The van der Waals surface area contributed by atoms with Gasteiger partial charge in [-0.2, -0.15) is 0 Å². The topological polar surface area (TPSA) is 9.72 Å². The molecule has 386 valence electrons. The van der Waals surface area contributed by atoms with E-state index in [0.717, 1.165) is 6.42 Å². The van der Waals surface area contributed by atoms with Gasteiger partial charge in [0.1, 0.15) is 0 Å². The molecule has 0 bridgehead atoms. The zero-order valence-corrected chi connectivity index (χ0v) is 49.2. The van der Waals surface area contributed by atoms with Crippen molar-refractivity contribution in [3.8, 4) is 0 Å². The second-order valence-corrected chi connectivity index (χ2v) is 30.5. The molecule has 0 spiro atoms. The van der Waals surface area contributed by atoms with E-state index in [2.05, 4.69) is 235 Å². The highest BCUT2D eigenvalue weighted by Gasteiger charge is 2.58. The van der Waals surface area contributed by atoms with Gasteiger partial charge in [-0.15, -0.1) is 11.3 Å². The molecule has 6 aliphatic rings. The van der Waals surface area contributed by atoms with E-state index in [1.807, 2.05) is 11.3 Å². The number of anilines is 8. The van der Waals surface area contributed by atoms with E-state index in [0.29, 0.717) is 0 Å². The molecule has 1 aromatic heterocycles. The van der Waals surface area contributed by atoms with E-state index in [4.69, 9.17) is 0 Å². The van der Waals surface area contributed by atoms with Gasteiger partial charge in [-0.3, -0.25) is 0 Å². The van der Waals surface area contributed by atoms with Crippen LogP contribution in [-0.2, 0) is 37.9 Å². The number of thiophene rings is 1. The van der Waals surface area contributed by atoms with Crippen LogP contribution >= 0.6 is 11.3 Å². The lowest BCUT2D eigenvalue weighted by Gasteiger charge is -2.51. The Balaban J connectivity index is 1.20. The van der Waals surface area contributed by atoms with Crippen LogP contribution in [0, 0.1) is 0 Å². The first-order valence-electron chi connectivity index (χ1n) is 28.8. The standard InChI is InChI=1S/C70H82BN3S/c1-63(2,3)43-23-26-45(27-24-43)73-58-40-47(74-55-22-18-17-21-50(55)69(15)31-19-20-32-70(69,74)16)39-57-60(58)71(62-61(73)48-37-44(64(4,5)6)25-30-59(48)75-62)54-41-52-53(68(13,14)36-35-67(52,11)12)42-56(54)72(57)46-28-29-49-51(38-46)66(9,10)34-33-65(49,7)8/h17-18,21-30,37-42H,19-20,31-36H2,1-16H3. The molecule has 6 aromatic carbocycles. The Bertz CT molecular complexity index is 3540. The van der Waals surface area contributed by atoms with E-state index in [-0.39, 0.29) is 50.2 Å². The lowest BCUT2D eigenvalue weighted by Crippen LogP contribution is -2.61.